The fourth-order valence-electron chi connectivity index (χ4n) is 2.69. The van der Waals surface area contributed by atoms with Crippen molar-refractivity contribution < 1.29 is 14.3 Å². The van der Waals surface area contributed by atoms with Gasteiger partial charge in [0.05, 0.1) is 19.8 Å². The van der Waals surface area contributed by atoms with Crippen LogP contribution in [0.3, 0.4) is 0 Å². The maximum Gasteiger partial charge on any atom is 0.339 e. The number of ether oxygens (including phenoxy) is 2. The second kappa shape index (κ2) is 8.45. The normalized spacial score (nSPS) is 10.5. The predicted molar refractivity (Wildman–Crippen MR) is 98.8 cm³/mol. The Balaban J connectivity index is 2.53. The number of esters is 1. The summed E-state index contributed by atoms with van der Waals surface area (Å²) in [6, 6.07) is 9.80. The lowest BCUT2D eigenvalue weighted by atomic mass is 9.96. The van der Waals surface area contributed by atoms with Gasteiger partial charge in [0.2, 0.25) is 0 Å². The van der Waals surface area contributed by atoms with Crippen LogP contribution in [0.2, 0.25) is 0 Å². The lowest BCUT2D eigenvalue weighted by molar-refractivity contribution is 0.0595. The lowest BCUT2D eigenvalue weighted by Crippen LogP contribution is -2.10. The molecule has 2 rings (SSSR count). The van der Waals surface area contributed by atoms with Gasteiger partial charge >= 0.3 is 5.97 Å². The van der Waals surface area contributed by atoms with Gasteiger partial charge in [0, 0.05) is 15.7 Å². The molecule has 0 unspecified atom stereocenters. The number of carbonyl (C=O) groups is 1. The number of aryl methyl sites for hydroxylation is 1. The van der Waals surface area contributed by atoms with E-state index in [2.05, 4.69) is 0 Å². The summed E-state index contributed by atoms with van der Waals surface area (Å²) in [6.07, 6.45) is 0.729. The predicted octanol–water partition coefficient (Wildman–Crippen LogP) is 5.03. The van der Waals surface area contributed by atoms with Crippen LogP contribution in [0.15, 0.2) is 40.1 Å². The Bertz CT molecular complexity index is 744. The van der Waals surface area contributed by atoms with E-state index in [4.69, 9.17) is 21.1 Å². The zero-order valence-electron chi connectivity index (χ0n) is 14.3. The summed E-state index contributed by atoms with van der Waals surface area (Å²) in [4.78, 5) is 14.2. The molecule has 0 spiro atoms. The van der Waals surface area contributed by atoms with Crippen molar-refractivity contribution in [2.24, 2.45) is 0 Å². The van der Waals surface area contributed by atoms with Gasteiger partial charge in [-0.15, -0.1) is 11.6 Å². The van der Waals surface area contributed by atoms with Crippen molar-refractivity contribution in [3.05, 3.63) is 52.6 Å². The Labute approximate surface area is 152 Å². The Morgan fingerprint density at radius 2 is 1.96 bits per heavy atom. The molecule has 0 aliphatic heterocycles. The van der Waals surface area contributed by atoms with Crippen LogP contribution in [0.1, 0.15) is 27.0 Å². The summed E-state index contributed by atoms with van der Waals surface area (Å²) in [5, 5.41) is 0. The topological polar surface area (TPSA) is 35.5 Å². The average molecular weight is 365 g/mol. The molecule has 2 aromatic carbocycles. The molecule has 24 heavy (non-hydrogen) atoms. The maximum absolute atomic E-state index is 12.3. The zero-order chi connectivity index (χ0) is 17.7. The van der Waals surface area contributed by atoms with Crippen LogP contribution < -0.4 is 4.74 Å². The number of hydrogen-bond donors (Lipinski definition) is 0. The van der Waals surface area contributed by atoms with E-state index in [0.717, 1.165) is 38.7 Å². The van der Waals surface area contributed by atoms with Crippen LogP contribution >= 0.6 is 23.4 Å². The lowest BCUT2D eigenvalue weighted by Gasteiger charge is -2.17. The number of halogens is 1. The molecule has 0 aromatic heterocycles. The second-order valence-electron chi connectivity index (χ2n) is 5.38. The Morgan fingerprint density at radius 1 is 1.21 bits per heavy atom. The molecule has 0 saturated heterocycles. The monoisotopic (exact) mass is 364 g/mol. The van der Waals surface area contributed by atoms with Gasteiger partial charge in [-0.25, -0.2) is 4.79 Å². The molecule has 0 aliphatic rings. The van der Waals surface area contributed by atoms with Crippen molar-refractivity contribution in [1.29, 1.82) is 0 Å². The van der Waals surface area contributed by atoms with Gasteiger partial charge in [-0.1, -0.05) is 17.8 Å². The molecule has 0 saturated carbocycles. The van der Waals surface area contributed by atoms with Crippen LogP contribution in [0.4, 0.5) is 0 Å². The van der Waals surface area contributed by atoms with Crippen molar-refractivity contribution in [2.45, 2.75) is 30.1 Å². The average Bonchev–Trinajstić information content (AvgIpc) is 2.58. The van der Waals surface area contributed by atoms with E-state index in [1.54, 1.807) is 7.11 Å². The molecular weight excluding hydrogens is 344 g/mol. The van der Waals surface area contributed by atoms with Gasteiger partial charge in [0.25, 0.3) is 0 Å². The van der Waals surface area contributed by atoms with Crippen molar-refractivity contribution in [1.82, 2.24) is 0 Å². The SMILES string of the molecule is COC(=O)c1c(Sc2cccc(OC)c2)cc(C)c(CCCl)c1C. The smallest absolute Gasteiger partial charge is 0.339 e. The molecule has 0 aliphatic carbocycles. The quantitative estimate of drug-likeness (QED) is 0.532. The summed E-state index contributed by atoms with van der Waals surface area (Å²) >= 11 is 7.44. The number of methoxy groups -OCH3 is 2. The molecule has 0 radical (unpaired) electrons. The first-order valence-corrected chi connectivity index (χ1v) is 8.96. The third-order valence-electron chi connectivity index (χ3n) is 3.90. The van der Waals surface area contributed by atoms with E-state index >= 15 is 0 Å². The largest absolute Gasteiger partial charge is 0.497 e. The third kappa shape index (κ3) is 4.05. The maximum atomic E-state index is 12.3. The van der Waals surface area contributed by atoms with Crippen LogP contribution in [0.5, 0.6) is 5.75 Å². The summed E-state index contributed by atoms with van der Waals surface area (Å²) < 4.78 is 10.3. The molecule has 0 amide bonds. The van der Waals surface area contributed by atoms with Crippen molar-refractivity contribution >= 4 is 29.3 Å². The molecule has 0 heterocycles. The molecule has 0 atom stereocenters. The molecular formula is C19H21ClO3S. The Morgan fingerprint density at radius 3 is 2.58 bits per heavy atom. The molecule has 5 heteroatoms. The number of carbonyl (C=O) groups excluding carboxylic acids is 1. The fourth-order valence-corrected chi connectivity index (χ4v) is 4.03. The van der Waals surface area contributed by atoms with Crippen LogP contribution in [0.25, 0.3) is 0 Å². The first-order valence-electron chi connectivity index (χ1n) is 7.61. The number of alkyl halides is 1. The van der Waals surface area contributed by atoms with E-state index < -0.39 is 0 Å². The standard InChI is InChI=1S/C19H21ClO3S/c1-12-10-17(24-15-7-5-6-14(11-15)22-3)18(19(21)23-4)13(2)16(12)8-9-20/h5-7,10-11H,8-9H2,1-4H3. The molecule has 128 valence electrons. The number of rotatable bonds is 6. The minimum atomic E-state index is -0.325. The van der Waals surface area contributed by atoms with Crippen LogP contribution in [-0.4, -0.2) is 26.1 Å². The summed E-state index contributed by atoms with van der Waals surface area (Å²) in [7, 11) is 3.04. The molecule has 0 bridgehead atoms. The highest BCUT2D eigenvalue weighted by Crippen LogP contribution is 2.36. The Kier molecular flexibility index (Phi) is 6.58. The third-order valence-corrected chi connectivity index (χ3v) is 5.12. The van der Waals surface area contributed by atoms with Gasteiger partial charge in [0.15, 0.2) is 0 Å². The van der Waals surface area contributed by atoms with Crippen LogP contribution in [0, 0.1) is 13.8 Å². The van der Waals surface area contributed by atoms with Gasteiger partial charge in [-0.2, -0.15) is 0 Å². The van der Waals surface area contributed by atoms with E-state index in [9.17, 15) is 4.79 Å². The van der Waals surface area contributed by atoms with E-state index in [1.807, 2.05) is 44.2 Å². The number of hydrogen-bond acceptors (Lipinski definition) is 4. The van der Waals surface area contributed by atoms with Crippen molar-refractivity contribution in [3.63, 3.8) is 0 Å². The van der Waals surface area contributed by atoms with E-state index in [-0.39, 0.29) is 5.97 Å². The van der Waals surface area contributed by atoms with Gasteiger partial charge in [0.1, 0.15) is 5.75 Å². The summed E-state index contributed by atoms with van der Waals surface area (Å²) in [6.45, 7) is 4.00. The first-order chi connectivity index (χ1) is 11.5. The van der Waals surface area contributed by atoms with Gasteiger partial charge < -0.3 is 9.47 Å². The molecule has 0 fully saturated rings. The van der Waals surface area contributed by atoms with Crippen molar-refractivity contribution in [2.75, 3.05) is 20.1 Å². The molecule has 2 aromatic rings. The molecule has 3 nitrogen and oxygen atoms in total. The zero-order valence-corrected chi connectivity index (χ0v) is 15.9. The van der Waals surface area contributed by atoms with E-state index in [1.165, 1.54) is 18.9 Å². The number of benzene rings is 2. The highest BCUT2D eigenvalue weighted by Gasteiger charge is 2.20. The summed E-state index contributed by atoms with van der Waals surface area (Å²) in [5.74, 6) is 0.977. The van der Waals surface area contributed by atoms with Gasteiger partial charge in [-0.3, -0.25) is 0 Å². The first kappa shape index (κ1) is 18.7. The second-order valence-corrected chi connectivity index (χ2v) is 6.88. The van der Waals surface area contributed by atoms with Gasteiger partial charge in [-0.05, 0) is 61.2 Å². The molecule has 0 N–H and O–H groups in total. The van der Waals surface area contributed by atoms with E-state index in [0.29, 0.717) is 11.4 Å². The minimum Gasteiger partial charge on any atom is -0.497 e. The summed E-state index contributed by atoms with van der Waals surface area (Å²) in [5.41, 5.74) is 3.79. The van der Waals surface area contributed by atoms with Crippen LogP contribution in [-0.2, 0) is 11.2 Å². The highest BCUT2D eigenvalue weighted by molar-refractivity contribution is 7.99. The fraction of sp³-hybridized carbons (Fsp3) is 0.316. The Hall–Kier alpha value is -1.65. The minimum absolute atomic E-state index is 0.325. The highest BCUT2D eigenvalue weighted by atomic mass is 35.5. The van der Waals surface area contributed by atoms with Crippen molar-refractivity contribution in [3.8, 4) is 5.75 Å².